The molecule has 0 fully saturated rings. The summed E-state index contributed by atoms with van der Waals surface area (Å²) in [7, 11) is 1.72. The Kier molecular flexibility index (Phi) is 4.72. The molecule has 19 heavy (non-hydrogen) atoms. The zero-order chi connectivity index (χ0) is 14.6. The van der Waals surface area contributed by atoms with E-state index < -0.39 is 10.5 Å². The van der Waals surface area contributed by atoms with Gasteiger partial charge in [-0.05, 0) is 26.8 Å². The van der Waals surface area contributed by atoms with Gasteiger partial charge in [0.1, 0.15) is 0 Å². The molecule has 0 aromatic heterocycles. The Morgan fingerprint density at radius 1 is 1.42 bits per heavy atom. The van der Waals surface area contributed by atoms with Crippen LogP contribution in [0.5, 0.6) is 0 Å². The van der Waals surface area contributed by atoms with Crippen molar-refractivity contribution in [2.45, 2.75) is 26.4 Å². The molecule has 0 saturated heterocycles. The summed E-state index contributed by atoms with van der Waals surface area (Å²) in [6.07, 6.45) is 0. The van der Waals surface area contributed by atoms with Crippen LogP contribution in [0.4, 0.5) is 17.1 Å². The molecule has 6 nitrogen and oxygen atoms in total. The van der Waals surface area contributed by atoms with Gasteiger partial charge in [-0.2, -0.15) is 0 Å². The second-order valence-electron chi connectivity index (χ2n) is 5.07. The van der Waals surface area contributed by atoms with Crippen LogP contribution in [0.3, 0.4) is 0 Å². The second kappa shape index (κ2) is 5.88. The highest BCUT2D eigenvalue weighted by Crippen LogP contribution is 2.27. The third kappa shape index (κ3) is 4.40. The number of nitrogens with zero attached hydrogens (tertiary/aromatic N) is 2. The van der Waals surface area contributed by atoms with E-state index in [0.717, 1.165) is 5.69 Å². The van der Waals surface area contributed by atoms with Crippen LogP contribution in [-0.2, 0) is 0 Å². The Hall–Kier alpha value is -1.82. The van der Waals surface area contributed by atoms with Crippen LogP contribution in [0.2, 0.25) is 0 Å². The molecule has 106 valence electrons. The Labute approximate surface area is 113 Å². The van der Waals surface area contributed by atoms with Crippen LogP contribution in [0.1, 0.15) is 20.8 Å². The maximum Gasteiger partial charge on any atom is 0.273 e. The predicted molar refractivity (Wildman–Crippen MR) is 76.8 cm³/mol. The van der Waals surface area contributed by atoms with Gasteiger partial charge in [0.15, 0.2) is 0 Å². The molecule has 0 aliphatic heterocycles. The van der Waals surface area contributed by atoms with Gasteiger partial charge < -0.3 is 15.3 Å². The largest absolute Gasteiger partial charge is 0.389 e. The van der Waals surface area contributed by atoms with E-state index in [9.17, 15) is 15.2 Å². The Morgan fingerprint density at radius 3 is 2.47 bits per heavy atom. The first-order valence-electron chi connectivity index (χ1n) is 6.21. The van der Waals surface area contributed by atoms with E-state index in [1.54, 1.807) is 20.9 Å². The summed E-state index contributed by atoms with van der Waals surface area (Å²) < 4.78 is 0. The first kappa shape index (κ1) is 15.2. The molecule has 1 rings (SSSR count). The van der Waals surface area contributed by atoms with E-state index in [4.69, 9.17) is 0 Å². The summed E-state index contributed by atoms with van der Waals surface area (Å²) in [5, 5.41) is 23.7. The number of aliphatic hydroxyl groups is 1. The summed E-state index contributed by atoms with van der Waals surface area (Å²) in [5.41, 5.74) is 0.582. The molecular weight excluding hydrogens is 246 g/mol. The van der Waals surface area contributed by atoms with Crippen molar-refractivity contribution >= 4 is 17.1 Å². The molecule has 0 amide bonds. The van der Waals surface area contributed by atoms with Crippen LogP contribution in [0, 0.1) is 10.1 Å². The number of rotatable bonds is 6. The van der Waals surface area contributed by atoms with Crippen molar-refractivity contribution in [2.24, 2.45) is 0 Å². The minimum Gasteiger partial charge on any atom is -0.389 e. The number of non-ortho nitro benzene ring substituents is 1. The first-order chi connectivity index (χ1) is 8.76. The number of nitro benzene ring substituents is 1. The molecule has 0 unspecified atom stereocenters. The summed E-state index contributed by atoms with van der Waals surface area (Å²) in [5.74, 6) is 0. The lowest BCUT2D eigenvalue weighted by molar-refractivity contribution is -0.384. The average Bonchev–Trinajstić information content (AvgIpc) is 2.34. The third-order valence-corrected chi connectivity index (χ3v) is 2.73. The Morgan fingerprint density at radius 2 is 2.05 bits per heavy atom. The number of anilines is 2. The molecule has 2 N–H and O–H groups in total. The molecule has 0 saturated carbocycles. The third-order valence-electron chi connectivity index (χ3n) is 2.73. The van der Waals surface area contributed by atoms with Crippen LogP contribution < -0.4 is 10.2 Å². The zero-order valence-electron chi connectivity index (χ0n) is 11.8. The summed E-state index contributed by atoms with van der Waals surface area (Å²) in [4.78, 5) is 12.4. The van der Waals surface area contributed by atoms with E-state index in [2.05, 4.69) is 5.32 Å². The molecule has 0 radical (unpaired) electrons. The minimum absolute atomic E-state index is 0.0380. The monoisotopic (exact) mass is 267 g/mol. The molecule has 0 heterocycles. The molecule has 0 atom stereocenters. The van der Waals surface area contributed by atoms with Gasteiger partial charge in [0.2, 0.25) is 0 Å². The molecule has 0 aliphatic rings. The summed E-state index contributed by atoms with van der Waals surface area (Å²) >= 11 is 0. The lowest BCUT2D eigenvalue weighted by Gasteiger charge is -2.30. The van der Waals surface area contributed by atoms with Crippen LogP contribution in [0.25, 0.3) is 0 Å². The molecular formula is C13H21N3O3. The topological polar surface area (TPSA) is 78.6 Å². The standard InChI is InChI=1S/C13H21N3O3/c1-5-15(9-13(2,3)17)11-6-10(14-4)7-12(8-11)16(18)19/h6-8,14,17H,5,9H2,1-4H3. The Balaban J connectivity index is 3.15. The van der Waals surface area contributed by atoms with Crippen LogP contribution in [-0.4, -0.2) is 35.8 Å². The molecule has 0 spiro atoms. The number of nitro groups is 1. The average molecular weight is 267 g/mol. The van der Waals surface area contributed by atoms with Crippen LogP contribution >= 0.6 is 0 Å². The summed E-state index contributed by atoms with van der Waals surface area (Å²) in [6, 6.07) is 4.85. The van der Waals surface area contributed by atoms with Crippen LogP contribution in [0.15, 0.2) is 18.2 Å². The highest BCUT2D eigenvalue weighted by molar-refractivity contribution is 5.64. The van der Waals surface area contributed by atoms with E-state index in [-0.39, 0.29) is 5.69 Å². The number of benzene rings is 1. The number of nitrogens with one attached hydrogen (secondary N) is 1. The number of hydrogen-bond acceptors (Lipinski definition) is 5. The smallest absolute Gasteiger partial charge is 0.273 e. The normalized spacial score (nSPS) is 11.2. The van der Waals surface area contributed by atoms with Crippen molar-refractivity contribution in [2.75, 3.05) is 30.4 Å². The number of likely N-dealkylation sites (N-methyl/N-ethyl adjacent to an activating group) is 1. The van der Waals surface area contributed by atoms with E-state index in [1.807, 2.05) is 17.9 Å². The molecule has 1 aromatic rings. The van der Waals surface area contributed by atoms with E-state index >= 15 is 0 Å². The predicted octanol–water partition coefficient (Wildman–Crippen LogP) is 2.23. The van der Waals surface area contributed by atoms with Gasteiger partial charge in [0, 0.05) is 43.6 Å². The maximum atomic E-state index is 10.9. The summed E-state index contributed by atoms with van der Waals surface area (Å²) in [6.45, 7) is 6.45. The van der Waals surface area contributed by atoms with Crippen molar-refractivity contribution < 1.29 is 10.0 Å². The minimum atomic E-state index is -0.861. The lowest BCUT2D eigenvalue weighted by atomic mass is 10.1. The molecule has 1 aromatic carbocycles. The number of hydrogen-bond donors (Lipinski definition) is 2. The fourth-order valence-electron chi connectivity index (χ4n) is 1.88. The van der Waals surface area contributed by atoms with Crippen molar-refractivity contribution in [3.8, 4) is 0 Å². The fraction of sp³-hybridized carbons (Fsp3) is 0.538. The van der Waals surface area contributed by atoms with Crippen molar-refractivity contribution in [3.63, 3.8) is 0 Å². The van der Waals surface area contributed by atoms with Gasteiger partial charge in [0.05, 0.1) is 10.5 Å². The quantitative estimate of drug-likeness (QED) is 0.610. The van der Waals surface area contributed by atoms with Gasteiger partial charge in [0.25, 0.3) is 5.69 Å². The van der Waals surface area contributed by atoms with Crippen molar-refractivity contribution in [1.82, 2.24) is 0 Å². The van der Waals surface area contributed by atoms with E-state index in [0.29, 0.717) is 18.8 Å². The fourth-order valence-corrected chi connectivity index (χ4v) is 1.88. The van der Waals surface area contributed by atoms with Gasteiger partial charge in [-0.1, -0.05) is 0 Å². The van der Waals surface area contributed by atoms with Crippen molar-refractivity contribution in [1.29, 1.82) is 0 Å². The van der Waals surface area contributed by atoms with Gasteiger partial charge in [-0.25, -0.2) is 0 Å². The van der Waals surface area contributed by atoms with Crippen molar-refractivity contribution in [3.05, 3.63) is 28.3 Å². The second-order valence-corrected chi connectivity index (χ2v) is 5.07. The first-order valence-corrected chi connectivity index (χ1v) is 6.21. The molecule has 6 heteroatoms. The highest BCUT2D eigenvalue weighted by Gasteiger charge is 2.20. The Bertz CT molecular complexity index is 455. The zero-order valence-corrected chi connectivity index (χ0v) is 11.8. The highest BCUT2D eigenvalue weighted by atomic mass is 16.6. The van der Waals surface area contributed by atoms with Gasteiger partial charge in [-0.15, -0.1) is 0 Å². The van der Waals surface area contributed by atoms with E-state index in [1.165, 1.54) is 12.1 Å². The van der Waals surface area contributed by atoms with Gasteiger partial charge in [-0.3, -0.25) is 10.1 Å². The molecule has 0 aliphatic carbocycles. The maximum absolute atomic E-state index is 10.9. The molecule has 0 bridgehead atoms. The van der Waals surface area contributed by atoms with Gasteiger partial charge >= 0.3 is 0 Å². The lowest BCUT2D eigenvalue weighted by Crippen LogP contribution is -2.38. The SMILES string of the molecule is CCN(CC(C)(C)O)c1cc(NC)cc([N+](=O)[O-])c1.